The Labute approximate surface area is 121 Å². The van der Waals surface area contributed by atoms with E-state index in [0.29, 0.717) is 18.1 Å². The van der Waals surface area contributed by atoms with Crippen LogP contribution in [0, 0.1) is 17.0 Å². The van der Waals surface area contributed by atoms with E-state index in [1.807, 2.05) is 0 Å². The molecule has 2 atom stereocenters. The van der Waals surface area contributed by atoms with Crippen molar-refractivity contribution in [2.45, 2.75) is 26.1 Å². The molecule has 1 fully saturated rings. The fourth-order valence-corrected chi connectivity index (χ4v) is 2.59. The van der Waals surface area contributed by atoms with E-state index in [-0.39, 0.29) is 18.3 Å². The summed E-state index contributed by atoms with van der Waals surface area (Å²) in [6, 6.07) is 0. The lowest BCUT2D eigenvalue weighted by molar-refractivity contribution is -0.384. The first-order valence-corrected chi connectivity index (χ1v) is 6.51. The number of aryl methyl sites for hydroxylation is 2. The highest BCUT2D eigenvalue weighted by Gasteiger charge is 2.36. The predicted octanol–water partition coefficient (Wildman–Crippen LogP) is 0.403. The fraction of sp³-hybridized carbons (Fsp3) is 0.667. The molecule has 1 aliphatic rings. The quantitative estimate of drug-likeness (QED) is 0.452. The highest BCUT2D eigenvalue weighted by molar-refractivity contribution is 5.76. The van der Waals surface area contributed by atoms with Gasteiger partial charge >= 0.3 is 11.7 Å². The molecule has 21 heavy (non-hydrogen) atoms. The Kier molecular flexibility index (Phi) is 4.12. The number of hydrogen-bond donors (Lipinski definition) is 0. The number of ether oxygens (including phenoxy) is 2. The fourth-order valence-electron chi connectivity index (χ4n) is 2.59. The van der Waals surface area contributed by atoms with Crippen LogP contribution in [0.3, 0.4) is 0 Å². The van der Waals surface area contributed by atoms with Crippen molar-refractivity contribution >= 4 is 17.5 Å². The molecule has 0 spiro atoms. The Hall–Kier alpha value is -2.16. The van der Waals surface area contributed by atoms with Gasteiger partial charge in [-0.15, -0.1) is 0 Å². The normalized spacial score (nSPS) is 22.2. The van der Waals surface area contributed by atoms with E-state index in [1.165, 1.54) is 11.8 Å². The molecular formula is C12H18N4O5. The Morgan fingerprint density at radius 2 is 2.19 bits per heavy atom. The molecule has 0 saturated carbocycles. The first-order chi connectivity index (χ1) is 9.85. The number of carbonyl (C=O) groups is 1. The first kappa shape index (κ1) is 15.2. The van der Waals surface area contributed by atoms with Crippen molar-refractivity contribution in [3.05, 3.63) is 15.8 Å². The van der Waals surface area contributed by atoms with Gasteiger partial charge in [-0.2, -0.15) is 5.10 Å². The molecule has 0 amide bonds. The summed E-state index contributed by atoms with van der Waals surface area (Å²) in [6.45, 7) is 4.02. The molecule has 1 saturated heterocycles. The summed E-state index contributed by atoms with van der Waals surface area (Å²) in [6.07, 6.45) is -1.02. The van der Waals surface area contributed by atoms with Crippen molar-refractivity contribution in [3.63, 3.8) is 0 Å². The monoisotopic (exact) mass is 298 g/mol. The number of carbonyl (C=O) groups excluding carboxylic acids is 1. The molecule has 2 heterocycles. The molecule has 0 aliphatic carbocycles. The summed E-state index contributed by atoms with van der Waals surface area (Å²) in [5.74, 6) is -0.116. The summed E-state index contributed by atoms with van der Waals surface area (Å²) < 4.78 is 11.7. The largest absolute Gasteiger partial charge is 0.467 e. The standard InChI is InChI=1S/C12H18N4O5/c1-7-5-15(6-9(21-7)12(17)20-4)11-10(16(18)19)8(2)13-14(11)3/h7,9H,5-6H2,1-4H3/t7-,9?/m0/s1. The van der Waals surface area contributed by atoms with Crippen molar-refractivity contribution in [3.8, 4) is 0 Å². The van der Waals surface area contributed by atoms with E-state index in [4.69, 9.17) is 4.74 Å². The smallest absolute Gasteiger partial charge is 0.336 e. The van der Waals surface area contributed by atoms with Gasteiger partial charge in [-0.1, -0.05) is 0 Å². The van der Waals surface area contributed by atoms with Crippen LogP contribution in [-0.2, 0) is 21.3 Å². The van der Waals surface area contributed by atoms with Crippen molar-refractivity contribution in [2.24, 2.45) is 7.05 Å². The lowest BCUT2D eigenvalue weighted by Gasteiger charge is -2.36. The molecule has 2 rings (SSSR count). The molecule has 1 unspecified atom stereocenters. The maximum absolute atomic E-state index is 11.7. The Bertz CT molecular complexity index is 570. The second-order valence-electron chi connectivity index (χ2n) is 5.00. The van der Waals surface area contributed by atoms with Gasteiger partial charge in [0.1, 0.15) is 5.69 Å². The minimum Gasteiger partial charge on any atom is -0.467 e. The van der Waals surface area contributed by atoms with Gasteiger partial charge in [0.25, 0.3) is 0 Å². The molecule has 1 aliphatic heterocycles. The van der Waals surface area contributed by atoms with E-state index >= 15 is 0 Å². The van der Waals surface area contributed by atoms with Gasteiger partial charge in [-0.3, -0.25) is 10.1 Å². The van der Waals surface area contributed by atoms with Crippen LogP contribution in [0.4, 0.5) is 11.5 Å². The molecule has 0 N–H and O–H groups in total. The number of morpholine rings is 1. The van der Waals surface area contributed by atoms with Gasteiger partial charge in [-0.05, 0) is 13.8 Å². The molecule has 0 radical (unpaired) electrons. The van der Waals surface area contributed by atoms with Gasteiger partial charge in [0, 0.05) is 13.6 Å². The molecule has 9 nitrogen and oxygen atoms in total. The zero-order chi connectivity index (χ0) is 15.7. The topological polar surface area (TPSA) is 99.7 Å². The molecule has 0 aromatic carbocycles. The highest BCUT2D eigenvalue weighted by atomic mass is 16.6. The maximum atomic E-state index is 11.7. The molecular weight excluding hydrogens is 280 g/mol. The second kappa shape index (κ2) is 5.68. The zero-order valence-corrected chi connectivity index (χ0v) is 12.4. The van der Waals surface area contributed by atoms with Gasteiger partial charge in [0.15, 0.2) is 6.10 Å². The Morgan fingerprint density at radius 1 is 1.52 bits per heavy atom. The average molecular weight is 298 g/mol. The molecule has 116 valence electrons. The number of nitro groups is 1. The molecule has 1 aromatic heterocycles. The van der Waals surface area contributed by atoms with Crippen LogP contribution in [0.25, 0.3) is 0 Å². The van der Waals surface area contributed by atoms with Gasteiger partial charge in [0.2, 0.25) is 5.82 Å². The average Bonchev–Trinajstić information content (AvgIpc) is 2.71. The minimum absolute atomic E-state index is 0.0461. The number of anilines is 1. The summed E-state index contributed by atoms with van der Waals surface area (Å²) in [4.78, 5) is 24.2. The van der Waals surface area contributed by atoms with Crippen LogP contribution in [0.2, 0.25) is 0 Å². The lowest BCUT2D eigenvalue weighted by atomic mass is 10.2. The van der Waals surface area contributed by atoms with Crippen LogP contribution >= 0.6 is 0 Å². The number of rotatable bonds is 3. The number of aromatic nitrogens is 2. The van der Waals surface area contributed by atoms with E-state index in [2.05, 4.69) is 9.84 Å². The number of esters is 1. The first-order valence-electron chi connectivity index (χ1n) is 6.51. The number of nitrogens with zero attached hydrogens (tertiary/aromatic N) is 4. The third-order valence-electron chi connectivity index (χ3n) is 3.37. The summed E-state index contributed by atoms with van der Waals surface area (Å²) >= 11 is 0. The van der Waals surface area contributed by atoms with Crippen LogP contribution in [0.5, 0.6) is 0 Å². The molecule has 1 aromatic rings. The zero-order valence-electron chi connectivity index (χ0n) is 12.4. The Balaban J connectivity index is 2.37. The Morgan fingerprint density at radius 3 is 2.76 bits per heavy atom. The molecule has 0 bridgehead atoms. The third kappa shape index (κ3) is 2.82. The van der Waals surface area contributed by atoms with E-state index in [9.17, 15) is 14.9 Å². The van der Waals surface area contributed by atoms with E-state index in [1.54, 1.807) is 25.8 Å². The van der Waals surface area contributed by atoms with Gasteiger partial charge < -0.3 is 14.4 Å². The number of hydrogen-bond acceptors (Lipinski definition) is 7. The summed E-state index contributed by atoms with van der Waals surface area (Å²) in [5.41, 5.74) is 0.293. The second-order valence-corrected chi connectivity index (χ2v) is 5.00. The van der Waals surface area contributed by atoms with Gasteiger partial charge in [-0.25, -0.2) is 9.48 Å². The van der Waals surface area contributed by atoms with Crippen LogP contribution in [0.1, 0.15) is 12.6 Å². The van der Waals surface area contributed by atoms with Crippen molar-refractivity contribution in [1.82, 2.24) is 9.78 Å². The summed E-state index contributed by atoms with van der Waals surface area (Å²) in [7, 11) is 2.93. The number of methoxy groups -OCH3 is 1. The van der Waals surface area contributed by atoms with E-state index < -0.39 is 17.0 Å². The lowest BCUT2D eigenvalue weighted by Crippen LogP contribution is -2.50. The van der Waals surface area contributed by atoms with Crippen molar-refractivity contribution in [2.75, 3.05) is 25.1 Å². The predicted molar refractivity (Wildman–Crippen MR) is 73.2 cm³/mol. The van der Waals surface area contributed by atoms with Crippen molar-refractivity contribution in [1.29, 1.82) is 0 Å². The molecule has 9 heteroatoms. The van der Waals surface area contributed by atoms with Crippen LogP contribution < -0.4 is 4.90 Å². The maximum Gasteiger partial charge on any atom is 0.336 e. The van der Waals surface area contributed by atoms with Crippen LogP contribution in [-0.4, -0.2) is 53.1 Å². The van der Waals surface area contributed by atoms with E-state index in [0.717, 1.165) is 0 Å². The SMILES string of the molecule is COC(=O)C1CN(c2c([N+](=O)[O-])c(C)nn2C)C[C@H](C)O1. The summed E-state index contributed by atoms with van der Waals surface area (Å²) in [5, 5.41) is 15.4. The third-order valence-corrected chi connectivity index (χ3v) is 3.37. The van der Waals surface area contributed by atoms with Gasteiger partial charge in [0.05, 0.1) is 24.7 Å². The highest BCUT2D eigenvalue weighted by Crippen LogP contribution is 2.32. The van der Waals surface area contributed by atoms with Crippen LogP contribution in [0.15, 0.2) is 0 Å². The van der Waals surface area contributed by atoms with Crippen molar-refractivity contribution < 1.29 is 19.2 Å². The minimum atomic E-state index is -0.770.